The van der Waals surface area contributed by atoms with Crippen LogP contribution in [0.25, 0.3) is 76.5 Å². The first-order valence-electron chi connectivity index (χ1n) is 19.2. The van der Waals surface area contributed by atoms with E-state index in [0.717, 1.165) is 28.1 Å². The Morgan fingerprint density at radius 2 is 0.875 bits per heavy atom. The van der Waals surface area contributed by atoms with Crippen LogP contribution in [0.4, 0.5) is 15.8 Å². The number of hydrogen-bond donors (Lipinski definition) is 0. The zero-order chi connectivity index (χ0) is 37.6. The van der Waals surface area contributed by atoms with Gasteiger partial charge >= 0.3 is 0 Å². The van der Waals surface area contributed by atoms with Crippen LogP contribution >= 0.6 is 0 Å². The number of rotatable bonds is 7. The number of aryl methyl sites for hydroxylation is 1. The number of anilines is 2. The second-order valence-electron chi connectivity index (χ2n) is 14.6. The van der Waals surface area contributed by atoms with Crippen molar-refractivity contribution in [1.29, 1.82) is 0 Å². The molecule has 0 saturated carbocycles. The third-order valence-electron chi connectivity index (χ3n) is 11.3. The van der Waals surface area contributed by atoms with E-state index >= 15 is 4.39 Å². The minimum Gasteiger partial charge on any atom is -0.307 e. The zero-order valence-electron chi connectivity index (χ0n) is 31.0. The van der Waals surface area contributed by atoms with Gasteiger partial charge in [-0.05, 0) is 119 Å². The Kier molecular flexibility index (Phi) is 8.38. The summed E-state index contributed by atoms with van der Waals surface area (Å²) in [5.41, 5.74) is 10.3. The molecule has 0 N–H and O–H groups in total. The molecule has 56 heavy (non-hydrogen) atoms. The van der Waals surface area contributed by atoms with Gasteiger partial charge in [-0.2, -0.15) is 0 Å². The number of nitrogens with zero attached hydrogens (tertiary/aromatic N) is 1. The summed E-state index contributed by atoms with van der Waals surface area (Å²) in [5, 5.41) is 9.74. The van der Waals surface area contributed by atoms with Gasteiger partial charge in [0.05, 0.1) is 0 Å². The maximum Gasteiger partial charge on any atom is 0.202 e. The van der Waals surface area contributed by atoms with E-state index in [0.29, 0.717) is 5.56 Å². The van der Waals surface area contributed by atoms with Crippen LogP contribution in [0, 0.1) is 6.92 Å². The minimum atomic E-state index is -1.38. The van der Waals surface area contributed by atoms with E-state index in [1.807, 2.05) is 73.7 Å². The predicted octanol–water partition coefficient (Wildman–Crippen LogP) is 15.4. The summed E-state index contributed by atoms with van der Waals surface area (Å²) in [6.45, 7) is 2.03. The molecule has 0 aliphatic heterocycles. The standard InChI is InChI=1S/C54H38FN/c1-36-16-8-15-27-50(36)56(43-21-6-3-7-22-43)54(55)39-30-28-37(29-31-39)40-32-33-48-49(35-40)51(38-17-4-2-5-18-38)46-25-13-14-26-47(46)53(48)52-44-23-11-9-19-41(44)34-42-20-10-12-24-45(42)52/h2-35,54H,1H3. The van der Waals surface area contributed by atoms with Gasteiger partial charge in [0.1, 0.15) is 0 Å². The van der Waals surface area contributed by atoms with Gasteiger partial charge in [0.25, 0.3) is 0 Å². The second-order valence-corrected chi connectivity index (χ2v) is 14.6. The van der Waals surface area contributed by atoms with Gasteiger partial charge in [-0.15, -0.1) is 0 Å². The minimum absolute atomic E-state index is 0.600. The molecule has 10 aromatic carbocycles. The second kappa shape index (κ2) is 14.0. The normalized spacial score (nSPS) is 12.0. The molecule has 0 radical (unpaired) electrons. The Hall–Kier alpha value is -7.03. The summed E-state index contributed by atoms with van der Waals surface area (Å²) in [7, 11) is 0. The number of hydrogen-bond acceptors (Lipinski definition) is 1. The Balaban J connectivity index is 1.18. The molecule has 0 fully saturated rings. The van der Waals surface area contributed by atoms with Crippen molar-refractivity contribution in [3.63, 3.8) is 0 Å². The molecule has 266 valence electrons. The highest BCUT2D eigenvalue weighted by molar-refractivity contribution is 6.27. The van der Waals surface area contributed by atoms with E-state index in [4.69, 9.17) is 0 Å². The Morgan fingerprint density at radius 1 is 0.375 bits per heavy atom. The largest absolute Gasteiger partial charge is 0.307 e. The lowest BCUT2D eigenvalue weighted by Crippen LogP contribution is -2.21. The van der Waals surface area contributed by atoms with Crippen molar-refractivity contribution in [2.75, 3.05) is 4.90 Å². The molecule has 0 spiro atoms. The van der Waals surface area contributed by atoms with Crippen molar-refractivity contribution in [2.45, 2.75) is 13.2 Å². The molecule has 0 aromatic heterocycles. The van der Waals surface area contributed by atoms with Crippen molar-refractivity contribution in [1.82, 2.24) is 0 Å². The van der Waals surface area contributed by atoms with Crippen LogP contribution in [0.15, 0.2) is 206 Å². The van der Waals surface area contributed by atoms with Crippen LogP contribution in [-0.2, 0) is 0 Å². The molecular formula is C54H38FN. The number of benzene rings is 10. The quantitative estimate of drug-likeness (QED) is 0.117. The molecule has 0 bridgehead atoms. The average Bonchev–Trinajstić information content (AvgIpc) is 3.26. The van der Waals surface area contributed by atoms with Gasteiger partial charge < -0.3 is 4.90 Å². The van der Waals surface area contributed by atoms with Crippen molar-refractivity contribution in [2.24, 2.45) is 0 Å². The highest BCUT2D eigenvalue weighted by atomic mass is 19.1. The molecule has 1 nitrogen and oxygen atoms in total. The van der Waals surface area contributed by atoms with Crippen LogP contribution < -0.4 is 4.90 Å². The molecule has 0 aliphatic carbocycles. The number of halogens is 1. The lowest BCUT2D eigenvalue weighted by molar-refractivity contribution is 0.350. The van der Waals surface area contributed by atoms with Crippen molar-refractivity contribution in [3.8, 4) is 33.4 Å². The van der Waals surface area contributed by atoms with Gasteiger partial charge in [-0.3, -0.25) is 0 Å². The van der Waals surface area contributed by atoms with E-state index in [1.54, 1.807) is 4.90 Å². The molecule has 2 heteroatoms. The van der Waals surface area contributed by atoms with Gasteiger partial charge in [0, 0.05) is 16.9 Å². The van der Waals surface area contributed by atoms with Crippen LogP contribution in [-0.4, -0.2) is 0 Å². The van der Waals surface area contributed by atoms with Gasteiger partial charge in [-0.1, -0.05) is 176 Å². The summed E-state index contributed by atoms with van der Waals surface area (Å²) in [5.74, 6) is 0. The maximum absolute atomic E-state index is 16.8. The topological polar surface area (TPSA) is 3.24 Å². The lowest BCUT2D eigenvalue weighted by atomic mass is 9.82. The molecule has 1 unspecified atom stereocenters. The lowest BCUT2D eigenvalue weighted by Gasteiger charge is -2.30. The Labute approximate surface area is 326 Å². The molecule has 1 atom stereocenters. The van der Waals surface area contributed by atoms with E-state index in [-0.39, 0.29) is 0 Å². The maximum atomic E-state index is 16.8. The third kappa shape index (κ3) is 5.70. The SMILES string of the molecule is Cc1ccccc1N(c1ccccc1)C(F)c1ccc(-c2ccc3c(-c4c5ccccc5cc5ccccc45)c4ccccc4c(-c4ccccc4)c3c2)cc1. The molecule has 10 rings (SSSR count). The van der Waals surface area contributed by atoms with Crippen LogP contribution in [0.1, 0.15) is 17.4 Å². The summed E-state index contributed by atoms with van der Waals surface area (Å²) >= 11 is 0. The number of para-hydroxylation sites is 2. The highest BCUT2D eigenvalue weighted by Crippen LogP contribution is 2.48. The van der Waals surface area contributed by atoms with Gasteiger partial charge in [0.15, 0.2) is 0 Å². The Bertz CT molecular complexity index is 2990. The first-order valence-corrected chi connectivity index (χ1v) is 19.2. The number of fused-ring (bicyclic) bond motifs is 4. The van der Waals surface area contributed by atoms with E-state index in [1.165, 1.54) is 65.3 Å². The predicted molar refractivity (Wildman–Crippen MR) is 236 cm³/mol. The van der Waals surface area contributed by atoms with Crippen LogP contribution in [0.3, 0.4) is 0 Å². The molecule has 0 amide bonds. The Morgan fingerprint density at radius 3 is 1.54 bits per heavy atom. The summed E-state index contributed by atoms with van der Waals surface area (Å²) in [6.07, 6.45) is -1.38. The smallest absolute Gasteiger partial charge is 0.202 e. The van der Waals surface area contributed by atoms with Crippen LogP contribution in [0.2, 0.25) is 0 Å². The molecule has 0 saturated heterocycles. The highest BCUT2D eigenvalue weighted by Gasteiger charge is 2.24. The van der Waals surface area contributed by atoms with Crippen LogP contribution in [0.5, 0.6) is 0 Å². The fourth-order valence-electron chi connectivity index (χ4n) is 8.62. The monoisotopic (exact) mass is 719 g/mol. The van der Waals surface area contributed by atoms with Gasteiger partial charge in [0.2, 0.25) is 6.30 Å². The fraction of sp³-hybridized carbons (Fsp3) is 0.0370. The molecule has 0 heterocycles. The average molecular weight is 720 g/mol. The third-order valence-corrected chi connectivity index (χ3v) is 11.3. The molecule has 0 aliphatic rings. The van der Waals surface area contributed by atoms with Crippen molar-refractivity contribution in [3.05, 3.63) is 217 Å². The molecular weight excluding hydrogens is 682 g/mol. The fourth-order valence-corrected chi connectivity index (χ4v) is 8.62. The molecule has 10 aromatic rings. The summed E-state index contributed by atoms with van der Waals surface area (Å²) < 4.78 is 16.8. The van der Waals surface area contributed by atoms with E-state index < -0.39 is 6.30 Å². The van der Waals surface area contributed by atoms with E-state index in [9.17, 15) is 0 Å². The summed E-state index contributed by atoms with van der Waals surface area (Å²) in [6, 6.07) is 72.0. The van der Waals surface area contributed by atoms with Gasteiger partial charge in [-0.25, -0.2) is 4.39 Å². The first kappa shape index (κ1) is 33.5. The number of alkyl halides is 1. The van der Waals surface area contributed by atoms with E-state index in [2.05, 4.69) is 140 Å². The summed E-state index contributed by atoms with van der Waals surface area (Å²) in [4.78, 5) is 1.79. The zero-order valence-corrected chi connectivity index (χ0v) is 31.0. The van der Waals surface area contributed by atoms with Crippen molar-refractivity contribution >= 4 is 54.5 Å². The first-order chi connectivity index (χ1) is 27.6. The van der Waals surface area contributed by atoms with Crippen molar-refractivity contribution < 1.29 is 4.39 Å².